The number of aromatic amines is 1. The van der Waals surface area contributed by atoms with E-state index in [0.717, 1.165) is 0 Å². The number of hydrogen-bond donors (Lipinski definition) is 22. The number of aliphatic carboxylic acids is 2. The van der Waals surface area contributed by atoms with Gasteiger partial charge < -0.3 is 118 Å². The molecule has 1 aliphatic heterocycles. The van der Waals surface area contributed by atoms with Crippen LogP contribution in [0.25, 0.3) is 10.9 Å². The van der Waals surface area contributed by atoms with Gasteiger partial charge in [-0.05, 0) is 93.2 Å². The summed E-state index contributed by atoms with van der Waals surface area (Å²) in [5, 5.41) is 62.3. The van der Waals surface area contributed by atoms with Gasteiger partial charge in [-0.1, -0.05) is 80.0 Å². The number of benzene rings is 1. The summed E-state index contributed by atoms with van der Waals surface area (Å²) in [6.45, 7) is 11.4. The van der Waals surface area contributed by atoms with Crippen LogP contribution in [0.1, 0.15) is 151 Å². The minimum Gasteiger partial charge on any atom is -0.481 e. The van der Waals surface area contributed by atoms with Crippen molar-refractivity contribution in [3.05, 3.63) is 36.0 Å². The normalized spacial score (nSPS) is 25.3. The number of nitrogens with two attached hydrogens (primary N) is 5. The van der Waals surface area contributed by atoms with E-state index in [1.54, 1.807) is 65.1 Å². The van der Waals surface area contributed by atoms with Crippen molar-refractivity contribution in [1.82, 2.24) is 74.1 Å². The molecule has 16 amide bonds. The van der Waals surface area contributed by atoms with Crippen LogP contribution in [-0.4, -0.2) is 225 Å². The maximum absolute atomic E-state index is 14.5. The molecule has 1 aromatic heterocycles. The van der Waals surface area contributed by atoms with E-state index in [1.165, 1.54) is 20.8 Å². The van der Waals surface area contributed by atoms with Gasteiger partial charge in [0, 0.05) is 30.1 Å². The number of carbonyl (C=O) groups excluding carboxylic acids is 16. The molecule has 2 heterocycles. The predicted molar refractivity (Wildman–Crippen MR) is 389 cm³/mol. The van der Waals surface area contributed by atoms with Crippen LogP contribution in [0.15, 0.2) is 30.5 Å². The summed E-state index contributed by atoms with van der Waals surface area (Å²) in [5.74, 6) is -23.9. The van der Waals surface area contributed by atoms with E-state index >= 15 is 0 Å². The highest BCUT2D eigenvalue weighted by Crippen LogP contribution is 2.21. The summed E-state index contributed by atoms with van der Waals surface area (Å²) in [4.78, 5) is 249. The van der Waals surface area contributed by atoms with Gasteiger partial charge in [0.15, 0.2) is 0 Å². The Morgan fingerprint density at radius 2 is 0.927 bits per heavy atom. The molecule has 1 fully saturated rings. The van der Waals surface area contributed by atoms with Gasteiger partial charge in [-0.25, -0.2) is 0 Å². The summed E-state index contributed by atoms with van der Waals surface area (Å²) >= 11 is 0. The van der Waals surface area contributed by atoms with Crippen LogP contribution in [0, 0.1) is 23.7 Å². The second kappa shape index (κ2) is 45.7. The summed E-state index contributed by atoms with van der Waals surface area (Å²) in [5.41, 5.74) is 29.8. The molecule has 1 saturated heterocycles. The largest absolute Gasteiger partial charge is 0.481 e. The lowest BCUT2D eigenvalue weighted by Crippen LogP contribution is -2.62. The molecule has 2 aromatic rings. The molecule has 1 unspecified atom stereocenters. The van der Waals surface area contributed by atoms with E-state index in [2.05, 4.69) is 74.1 Å². The topological polar surface area (TPSA) is 670 Å². The van der Waals surface area contributed by atoms with Crippen molar-refractivity contribution < 1.29 is 102 Å². The molecular formula is C69H109N19O21. The van der Waals surface area contributed by atoms with E-state index in [-0.39, 0.29) is 70.9 Å². The van der Waals surface area contributed by atoms with E-state index < -0.39 is 247 Å². The number of para-hydroxylation sites is 1. The number of unbranched alkanes of at least 4 members (excludes halogenated alkanes) is 1. The third-order valence-corrected chi connectivity index (χ3v) is 17.6. The van der Waals surface area contributed by atoms with Gasteiger partial charge in [0.25, 0.3) is 0 Å². The molecule has 109 heavy (non-hydrogen) atoms. The third-order valence-electron chi connectivity index (χ3n) is 17.6. The van der Waals surface area contributed by atoms with Gasteiger partial charge >= 0.3 is 11.9 Å². The smallest absolute Gasteiger partial charge is 0.305 e. The molecule has 606 valence electrons. The molecule has 0 radical (unpaired) electrons. The fourth-order valence-electron chi connectivity index (χ4n) is 11.5. The number of carboxylic acid groups (broad SMARTS) is 2. The third kappa shape index (κ3) is 31.8. The molecular weight excluding hydrogens is 1430 g/mol. The minimum atomic E-state index is -2.10. The van der Waals surface area contributed by atoms with Crippen molar-refractivity contribution in [1.29, 1.82) is 0 Å². The lowest BCUT2D eigenvalue weighted by molar-refractivity contribution is -0.142. The van der Waals surface area contributed by atoms with Crippen molar-refractivity contribution in [2.24, 2.45) is 52.3 Å². The van der Waals surface area contributed by atoms with Crippen molar-refractivity contribution in [2.45, 2.75) is 230 Å². The van der Waals surface area contributed by atoms with Crippen LogP contribution >= 0.6 is 0 Å². The number of H-pyrrole nitrogens is 1. The maximum atomic E-state index is 14.5. The van der Waals surface area contributed by atoms with E-state index in [0.29, 0.717) is 22.9 Å². The van der Waals surface area contributed by atoms with Crippen LogP contribution in [0.2, 0.25) is 0 Å². The number of primary amides is 3. The number of hydrogen-bond acceptors (Lipinski definition) is 21. The lowest BCUT2D eigenvalue weighted by Gasteiger charge is -2.30. The van der Waals surface area contributed by atoms with Gasteiger partial charge in [0.05, 0.1) is 44.8 Å². The lowest BCUT2D eigenvalue weighted by atomic mass is 9.96. The number of rotatable bonds is 23. The zero-order valence-corrected chi connectivity index (χ0v) is 62.5. The Morgan fingerprint density at radius 1 is 0.495 bits per heavy atom. The zero-order valence-electron chi connectivity index (χ0n) is 62.5. The van der Waals surface area contributed by atoms with Gasteiger partial charge in [0.2, 0.25) is 94.5 Å². The Morgan fingerprint density at radius 3 is 1.40 bits per heavy atom. The first-order valence-corrected chi connectivity index (χ1v) is 36.0. The number of nitrogens with one attached hydrogen (secondary N) is 14. The second-order valence-electron chi connectivity index (χ2n) is 28.1. The van der Waals surface area contributed by atoms with E-state index in [4.69, 9.17) is 28.7 Å². The molecule has 3 rings (SSSR count). The van der Waals surface area contributed by atoms with E-state index in [9.17, 15) is 102 Å². The Bertz CT molecular complexity index is 3570. The highest BCUT2D eigenvalue weighted by molar-refractivity contribution is 6.02. The quantitative estimate of drug-likeness (QED) is 0.0460. The molecule has 0 bridgehead atoms. The van der Waals surface area contributed by atoms with Crippen molar-refractivity contribution >= 4 is 117 Å². The first kappa shape index (κ1) is 92.3. The van der Waals surface area contributed by atoms with Crippen molar-refractivity contribution in [3.63, 3.8) is 0 Å². The van der Waals surface area contributed by atoms with Crippen LogP contribution < -0.4 is 97.8 Å². The molecule has 1 aliphatic rings. The summed E-state index contributed by atoms with van der Waals surface area (Å²) in [7, 11) is 0. The van der Waals surface area contributed by atoms with Crippen molar-refractivity contribution in [2.75, 3.05) is 19.7 Å². The Kier molecular flexibility index (Phi) is 38.7. The molecule has 40 nitrogen and oxygen atoms in total. The average Bonchev–Trinajstić information content (AvgIpc) is 1.72. The number of carboxylic acids is 2. The predicted octanol–water partition coefficient (Wildman–Crippen LogP) is -6.35. The Labute approximate surface area is 629 Å². The maximum Gasteiger partial charge on any atom is 0.305 e. The fraction of sp³-hybridized carbons (Fsp3) is 0.623. The van der Waals surface area contributed by atoms with Crippen LogP contribution in [0.5, 0.6) is 0 Å². The highest BCUT2D eigenvalue weighted by atomic mass is 16.4. The van der Waals surface area contributed by atoms with Crippen LogP contribution in [0.3, 0.4) is 0 Å². The molecule has 1 aromatic carbocycles. The van der Waals surface area contributed by atoms with E-state index in [1.807, 2.05) is 0 Å². The minimum absolute atomic E-state index is 0.0883. The van der Waals surface area contributed by atoms with Crippen LogP contribution in [0.4, 0.5) is 0 Å². The standard InChI is InChI=1S/C69H109N19O21/c1-9-35(8)56-69(109)85-47(28-53(93)94)65(105)83-45(26-50(72)90)63(103)80-43(23-33(4)5)61(101)84-48(29-54(95)96)66(106)87-55(34(6)7)68(108)78-40(57(74)97)18-13-15-21-75-58(98)38(71)25-52(92)77-44(24-36-30-76-39-17-11-10-16-37(36)39)62(102)82-46(27-51(73)91)64(104)86-49(31-89)67(107)81-42(22-32(2)3)60(100)79-41(59(99)88-56)19-12-14-20-70/h10-11,16-17,30,32-35,38,40-49,55-56,76,89H,9,12-15,18-29,31,70-71H2,1-8H3,(H2,72,90)(H2,73,91)(H2,74,97)(H,75,98)(H,77,92)(H,78,108)(H,79,100)(H,80,103)(H,81,107)(H,82,102)(H,83,105)(H,84,101)(H,85,109)(H,86,104)(H,87,106)(H,88,99)(H,93,94)(H,95,96)/t35-,38?,40-,41-,42-,43-,44-,45-,46-,47-,48-,49-,55-,56-/m0/s1. The summed E-state index contributed by atoms with van der Waals surface area (Å²) < 4.78 is 0. The highest BCUT2D eigenvalue weighted by Gasteiger charge is 2.40. The van der Waals surface area contributed by atoms with Crippen molar-refractivity contribution in [3.8, 4) is 0 Å². The number of aliphatic hydroxyl groups excluding tert-OH is 1. The number of carbonyl (C=O) groups is 18. The first-order valence-electron chi connectivity index (χ1n) is 36.0. The van der Waals surface area contributed by atoms with Gasteiger partial charge in [-0.2, -0.15) is 0 Å². The summed E-state index contributed by atoms with van der Waals surface area (Å²) in [6, 6.07) is -15.6. The number of amides is 16. The molecule has 14 atom stereocenters. The Hall–Kier alpha value is -10.9. The SMILES string of the molecule is CC[C@H](C)[C@@H]1NC(=O)[C@H](CCCCN)NC(=O)[C@H](CC(C)C)NC(=O)[C@H](CO)NC(=O)[C@H](CC(N)=O)NC(=O)[C@H](Cc2c[nH]c3ccccc23)NC(=O)CC(N)C(=O)NCCCC[C@@H](C(N)=O)NC(=O)[C@H](C(C)C)NC(=O)[C@H](CC(=O)O)NC(=O)[C@H](CC(C)C)NC(=O)[C@H](CC(N)=O)NC(=O)[C@H](CC(=O)O)NC1=O. The van der Waals surface area contributed by atoms with Gasteiger partial charge in [-0.3, -0.25) is 86.3 Å². The monoisotopic (exact) mass is 1540 g/mol. The second-order valence-corrected chi connectivity index (χ2v) is 28.1. The summed E-state index contributed by atoms with van der Waals surface area (Å²) in [6.07, 6.45) is -3.65. The number of aromatic nitrogens is 1. The Balaban J connectivity index is 2.20. The van der Waals surface area contributed by atoms with Gasteiger partial charge in [0.1, 0.15) is 72.5 Å². The fourth-order valence-corrected chi connectivity index (χ4v) is 11.5. The molecule has 40 heteroatoms. The molecule has 0 saturated carbocycles. The molecule has 0 aliphatic carbocycles. The first-order chi connectivity index (χ1) is 51.2. The number of fused-ring (bicyclic) bond motifs is 1. The zero-order chi connectivity index (χ0) is 82.1. The average molecular weight is 1540 g/mol. The van der Waals surface area contributed by atoms with Gasteiger partial charge in [-0.15, -0.1) is 0 Å². The molecule has 0 spiro atoms. The van der Waals surface area contributed by atoms with Crippen LogP contribution in [-0.2, 0) is 92.7 Å². The number of aliphatic hydroxyl groups is 1. The molecule has 27 N–H and O–H groups in total.